The lowest BCUT2D eigenvalue weighted by Gasteiger charge is -2.12. The minimum atomic E-state index is 0.202. The lowest BCUT2D eigenvalue weighted by Crippen LogP contribution is -1.94. The smallest absolute Gasteiger partial charge is 0.131 e. The fourth-order valence-corrected chi connectivity index (χ4v) is 2.81. The molecule has 2 aromatic carbocycles. The van der Waals surface area contributed by atoms with Crippen LogP contribution in [0.1, 0.15) is 22.6 Å². The zero-order valence-corrected chi connectivity index (χ0v) is 11.0. The summed E-state index contributed by atoms with van der Waals surface area (Å²) < 4.78 is 5.67. The van der Waals surface area contributed by atoms with Gasteiger partial charge in [0.15, 0.2) is 0 Å². The molecule has 0 saturated heterocycles. The van der Waals surface area contributed by atoms with Crippen molar-refractivity contribution in [2.24, 2.45) is 0 Å². The van der Waals surface area contributed by atoms with Gasteiger partial charge in [0.25, 0.3) is 0 Å². The van der Waals surface area contributed by atoms with Crippen LogP contribution in [0.4, 0.5) is 0 Å². The summed E-state index contributed by atoms with van der Waals surface area (Å²) in [4.78, 5) is 0. The highest BCUT2D eigenvalue weighted by Crippen LogP contribution is 2.47. The van der Waals surface area contributed by atoms with Crippen molar-refractivity contribution in [1.82, 2.24) is 0 Å². The minimum absolute atomic E-state index is 0.202. The Kier molecular flexibility index (Phi) is 2.96. The minimum Gasteiger partial charge on any atom is -0.496 e. The van der Waals surface area contributed by atoms with E-state index in [0.717, 1.165) is 5.76 Å². The summed E-state index contributed by atoms with van der Waals surface area (Å²) >= 11 is 0. The van der Waals surface area contributed by atoms with E-state index in [2.05, 4.69) is 49.0 Å². The molecule has 0 fully saturated rings. The Hall–Kier alpha value is -2.28. The van der Waals surface area contributed by atoms with Crippen molar-refractivity contribution in [3.05, 3.63) is 83.9 Å². The number of hydrogen-bond acceptors (Lipinski definition) is 1. The third-order valence-corrected chi connectivity index (χ3v) is 3.62. The molecule has 1 aliphatic rings. The molecule has 0 N–H and O–H groups in total. The van der Waals surface area contributed by atoms with Gasteiger partial charge in [-0.1, -0.05) is 60.7 Å². The van der Waals surface area contributed by atoms with E-state index < -0.39 is 0 Å². The summed E-state index contributed by atoms with van der Waals surface area (Å²) in [5.74, 6) is 1.17. The summed E-state index contributed by atoms with van der Waals surface area (Å²) in [6.45, 7) is 4.00. The summed E-state index contributed by atoms with van der Waals surface area (Å²) in [7, 11) is 1.74. The standard InChI is InChI=1S/C18H16O/c1-3-14-15-11-7-8-12-16(15)18(19-2)17(14)13-9-5-4-6-10-13/h3-12,14H,1H2,2H3. The molecule has 1 heteroatoms. The second-order valence-electron chi connectivity index (χ2n) is 4.61. The van der Waals surface area contributed by atoms with Gasteiger partial charge in [-0.3, -0.25) is 0 Å². The molecule has 1 unspecified atom stereocenters. The first-order chi connectivity index (χ1) is 9.36. The Bertz CT molecular complexity index is 638. The van der Waals surface area contributed by atoms with Crippen molar-refractivity contribution in [2.45, 2.75) is 5.92 Å². The van der Waals surface area contributed by atoms with Gasteiger partial charge < -0.3 is 4.74 Å². The van der Waals surface area contributed by atoms with Gasteiger partial charge in [-0.2, -0.15) is 0 Å². The van der Waals surface area contributed by atoms with Crippen LogP contribution in [0.3, 0.4) is 0 Å². The predicted octanol–water partition coefficient (Wildman–Crippen LogP) is 4.48. The molecule has 0 aliphatic heterocycles. The summed E-state index contributed by atoms with van der Waals surface area (Å²) in [6, 6.07) is 18.8. The molecule has 0 heterocycles. The van der Waals surface area contributed by atoms with Crippen LogP contribution in [0.15, 0.2) is 67.3 Å². The Balaban J connectivity index is 2.25. The molecule has 0 amide bonds. The van der Waals surface area contributed by atoms with E-state index in [1.165, 1.54) is 22.3 Å². The normalized spacial score (nSPS) is 17.2. The highest BCUT2D eigenvalue weighted by atomic mass is 16.5. The van der Waals surface area contributed by atoms with Crippen LogP contribution in [0.25, 0.3) is 11.3 Å². The molecule has 1 aliphatic carbocycles. The molecule has 0 spiro atoms. The Morgan fingerprint density at radius 3 is 2.37 bits per heavy atom. The van der Waals surface area contributed by atoms with Crippen LogP contribution in [0.5, 0.6) is 0 Å². The molecular weight excluding hydrogens is 232 g/mol. The van der Waals surface area contributed by atoms with Crippen molar-refractivity contribution in [3.8, 4) is 0 Å². The predicted molar refractivity (Wildman–Crippen MR) is 79.6 cm³/mol. The lowest BCUT2D eigenvalue weighted by atomic mass is 9.91. The first kappa shape index (κ1) is 11.8. The Morgan fingerprint density at radius 1 is 1.00 bits per heavy atom. The highest BCUT2D eigenvalue weighted by Gasteiger charge is 2.30. The van der Waals surface area contributed by atoms with E-state index in [1.54, 1.807) is 7.11 Å². The van der Waals surface area contributed by atoms with Crippen molar-refractivity contribution in [1.29, 1.82) is 0 Å². The third-order valence-electron chi connectivity index (χ3n) is 3.62. The maximum Gasteiger partial charge on any atom is 0.131 e. The van der Waals surface area contributed by atoms with Gasteiger partial charge in [0.1, 0.15) is 5.76 Å². The number of methoxy groups -OCH3 is 1. The zero-order chi connectivity index (χ0) is 13.2. The number of benzene rings is 2. The van der Waals surface area contributed by atoms with E-state index in [1.807, 2.05) is 18.2 Å². The summed E-state index contributed by atoms with van der Waals surface area (Å²) in [5, 5.41) is 0. The molecule has 0 bridgehead atoms. The topological polar surface area (TPSA) is 9.23 Å². The van der Waals surface area contributed by atoms with E-state index >= 15 is 0 Å². The molecular formula is C18H16O. The van der Waals surface area contributed by atoms with Gasteiger partial charge in [-0.25, -0.2) is 0 Å². The van der Waals surface area contributed by atoms with Gasteiger partial charge in [-0.05, 0) is 11.1 Å². The van der Waals surface area contributed by atoms with E-state index in [9.17, 15) is 0 Å². The number of allylic oxidation sites excluding steroid dienone is 2. The maximum atomic E-state index is 5.67. The second-order valence-corrected chi connectivity index (χ2v) is 4.61. The van der Waals surface area contributed by atoms with E-state index in [0.29, 0.717) is 0 Å². The van der Waals surface area contributed by atoms with Crippen LogP contribution in [0.2, 0.25) is 0 Å². The van der Waals surface area contributed by atoms with Crippen LogP contribution >= 0.6 is 0 Å². The fourth-order valence-electron chi connectivity index (χ4n) is 2.81. The maximum absolute atomic E-state index is 5.67. The Labute approximate surface area is 113 Å². The van der Waals surface area contributed by atoms with Crippen LogP contribution < -0.4 is 0 Å². The van der Waals surface area contributed by atoms with E-state index in [-0.39, 0.29) is 5.92 Å². The van der Waals surface area contributed by atoms with Crippen molar-refractivity contribution < 1.29 is 4.74 Å². The number of fused-ring (bicyclic) bond motifs is 1. The SMILES string of the molecule is C=CC1C(c2ccccc2)=C(OC)c2ccccc21. The van der Waals surface area contributed by atoms with Gasteiger partial charge in [0, 0.05) is 17.1 Å². The van der Waals surface area contributed by atoms with Gasteiger partial charge in [0.05, 0.1) is 7.11 Å². The molecule has 0 aromatic heterocycles. The molecule has 2 aromatic rings. The Morgan fingerprint density at radius 2 is 1.68 bits per heavy atom. The third kappa shape index (κ3) is 1.78. The monoisotopic (exact) mass is 248 g/mol. The lowest BCUT2D eigenvalue weighted by molar-refractivity contribution is 0.372. The highest BCUT2D eigenvalue weighted by molar-refractivity contribution is 5.97. The molecule has 1 atom stereocenters. The average Bonchev–Trinajstić information content (AvgIpc) is 2.81. The number of ether oxygens (including phenoxy) is 1. The van der Waals surface area contributed by atoms with Gasteiger partial charge >= 0.3 is 0 Å². The van der Waals surface area contributed by atoms with Crippen molar-refractivity contribution in [3.63, 3.8) is 0 Å². The van der Waals surface area contributed by atoms with Gasteiger partial charge in [-0.15, -0.1) is 6.58 Å². The van der Waals surface area contributed by atoms with Crippen LogP contribution in [-0.2, 0) is 4.74 Å². The molecule has 19 heavy (non-hydrogen) atoms. The molecule has 0 saturated carbocycles. The molecule has 3 rings (SSSR count). The molecule has 0 radical (unpaired) electrons. The second kappa shape index (κ2) is 4.77. The summed E-state index contributed by atoms with van der Waals surface area (Å²) in [5.41, 5.74) is 4.85. The number of rotatable bonds is 3. The molecule has 1 nitrogen and oxygen atoms in total. The fraction of sp³-hybridized carbons (Fsp3) is 0.111. The first-order valence-electron chi connectivity index (χ1n) is 6.42. The number of hydrogen-bond donors (Lipinski definition) is 0. The van der Waals surface area contributed by atoms with Crippen molar-refractivity contribution in [2.75, 3.05) is 7.11 Å². The van der Waals surface area contributed by atoms with Crippen LogP contribution in [0, 0.1) is 0 Å². The quantitative estimate of drug-likeness (QED) is 0.727. The average molecular weight is 248 g/mol. The van der Waals surface area contributed by atoms with Gasteiger partial charge in [0.2, 0.25) is 0 Å². The molecule has 94 valence electrons. The zero-order valence-electron chi connectivity index (χ0n) is 11.0. The van der Waals surface area contributed by atoms with E-state index in [4.69, 9.17) is 4.74 Å². The largest absolute Gasteiger partial charge is 0.496 e. The van der Waals surface area contributed by atoms with Crippen LogP contribution in [-0.4, -0.2) is 7.11 Å². The van der Waals surface area contributed by atoms with Crippen molar-refractivity contribution >= 4 is 11.3 Å². The first-order valence-corrected chi connectivity index (χ1v) is 6.42. The summed E-state index contributed by atoms with van der Waals surface area (Å²) in [6.07, 6.45) is 1.99.